The molecule has 1 unspecified atom stereocenters. The van der Waals surface area contributed by atoms with Crippen LogP contribution >= 0.6 is 0 Å². The van der Waals surface area contributed by atoms with Gasteiger partial charge in [-0.25, -0.2) is 0 Å². The summed E-state index contributed by atoms with van der Waals surface area (Å²) >= 11 is 0. The van der Waals surface area contributed by atoms with Gasteiger partial charge in [-0.3, -0.25) is 19.7 Å². The lowest BCUT2D eigenvalue weighted by Crippen LogP contribution is -2.52. The van der Waals surface area contributed by atoms with Crippen molar-refractivity contribution in [3.63, 3.8) is 0 Å². The largest absolute Gasteiger partial charge is 0.370 e. The highest BCUT2D eigenvalue weighted by Crippen LogP contribution is 2.43. The van der Waals surface area contributed by atoms with Gasteiger partial charge in [-0.1, -0.05) is 6.07 Å². The summed E-state index contributed by atoms with van der Waals surface area (Å²) in [7, 11) is 2.13. The molecule has 5 rings (SSSR count). The number of hydrogen-bond acceptors (Lipinski definition) is 5. The summed E-state index contributed by atoms with van der Waals surface area (Å²) in [6.45, 7) is 3.10. The Hall–Kier alpha value is -2.25. The molecule has 148 valence electrons. The molecule has 0 bridgehead atoms. The van der Waals surface area contributed by atoms with Gasteiger partial charge in [0.15, 0.2) is 0 Å². The molecule has 0 saturated carbocycles. The van der Waals surface area contributed by atoms with Gasteiger partial charge in [-0.2, -0.15) is 0 Å². The van der Waals surface area contributed by atoms with Gasteiger partial charge in [-0.05, 0) is 55.5 Å². The van der Waals surface area contributed by atoms with E-state index in [1.807, 2.05) is 6.07 Å². The Morgan fingerprint density at radius 3 is 2.64 bits per heavy atom. The Bertz CT molecular complexity index is 873. The third kappa shape index (κ3) is 2.68. The number of nitrogens with zero attached hydrogens (tertiary/aromatic N) is 2. The minimum atomic E-state index is -0.567. The zero-order chi connectivity index (χ0) is 19.5. The molecule has 1 atom stereocenters. The van der Waals surface area contributed by atoms with Crippen molar-refractivity contribution in [2.75, 3.05) is 26.7 Å². The number of carbonyl (C=O) groups excluding carboxylic acids is 3. The predicted molar refractivity (Wildman–Crippen MR) is 101 cm³/mol. The summed E-state index contributed by atoms with van der Waals surface area (Å²) < 4.78 is 6.31. The third-order valence-electron chi connectivity index (χ3n) is 6.78. The van der Waals surface area contributed by atoms with Crippen molar-refractivity contribution in [1.29, 1.82) is 0 Å². The minimum Gasteiger partial charge on any atom is -0.370 e. The fourth-order valence-corrected chi connectivity index (χ4v) is 5.12. The third-order valence-corrected chi connectivity index (χ3v) is 6.78. The Balaban J connectivity index is 1.47. The van der Waals surface area contributed by atoms with Crippen LogP contribution in [0.15, 0.2) is 12.1 Å². The van der Waals surface area contributed by atoms with Crippen molar-refractivity contribution in [2.45, 2.75) is 50.3 Å². The first-order valence-corrected chi connectivity index (χ1v) is 10.1. The number of fused-ring (bicyclic) bond motifs is 3. The van der Waals surface area contributed by atoms with Crippen LogP contribution in [0.5, 0.6) is 0 Å². The molecule has 1 N–H and O–H groups in total. The van der Waals surface area contributed by atoms with Gasteiger partial charge in [0.05, 0.1) is 12.2 Å². The number of likely N-dealkylation sites (tertiary alicyclic amines) is 1. The maximum absolute atomic E-state index is 13.0. The van der Waals surface area contributed by atoms with Gasteiger partial charge in [0.25, 0.3) is 5.91 Å². The van der Waals surface area contributed by atoms with Crippen molar-refractivity contribution in [2.24, 2.45) is 0 Å². The van der Waals surface area contributed by atoms with E-state index in [9.17, 15) is 14.4 Å². The van der Waals surface area contributed by atoms with Crippen molar-refractivity contribution in [3.8, 4) is 0 Å². The average Bonchev–Trinajstić information content (AvgIpc) is 2.99. The van der Waals surface area contributed by atoms with E-state index in [4.69, 9.17) is 4.74 Å². The first-order valence-electron chi connectivity index (χ1n) is 10.1. The maximum Gasteiger partial charge on any atom is 0.255 e. The molecule has 0 aliphatic carbocycles. The zero-order valence-electron chi connectivity index (χ0n) is 16.1. The molecule has 3 amide bonds. The maximum atomic E-state index is 13.0. The minimum absolute atomic E-state index is 0.101. The molecule has 28 heavy (non-hydrogen) atoms. The van der Waals surface area contributed by atoms with E-state index < -0.39 is 6.04 Å². The monoisotopic (exact) mass is 383 g/mol. The Labute approximate surface area is 164 Å². The first-order chi connectivity index (χ1) is 13.5. The highest BCUT2D eigenvalue weighted by Gasteiger charge is 2.44. The SMILES string of the molecule is CN1CCC2(CC1)OCCc1cc3c(cc12)CN(C1CCC(=O)NC1=O)C3=O. The molecule has 4 aliphatic heterocycles. The Morgan fingerprint density at radius 2 is 1.89 bits per heavy atom. The van der Waals surface area contributed by atoms with Crippen LogP contribution in [0.1, 0.15) is 52.7 Å². The van der Waals surface area contributed by atoms with E-state index in [1.165, 1.54) is 11.1 Å². The zero-order valence-corrected chi connectivity index (χ0v) is 16.1. The Morgan fingerprint density at radius 1 is 1.11 bits per heavy atom. The van der Waals surface area contributed by atoms with Crippen LogP contribution < -0.4 is 5.32 Å². The molecule has 4 heterocycles. The van der Waals surface area contributed by atoms with Gasteiger partial charge in [0.2, 0.25) is 11.8 Å². The molecule has 1 aromatic carbocycles. The molecular weight excluding hydrogens is 358 g/mol. The van der Waals surface area contributed by atoms with Crippen LogP contribution in [-0.4, -0.2) is 60.3 Å². The molecule has 2 fully saturated rings. The van der Waals surface area contributed by atoms with Crippen LogP contribution in [0.3, 0.4) is 0 Å². The molecule has 0 radical (unpaired) electrons. The van der Waals surface area contributed by atoms with Crippen LogP contribution in [0.2, 0.25) is 0 Å². The summed E-state index contributed by atoms with van der Waals surface area (Å²) in [5.41, 5.74) is 3.85. The van der Waals surface area contributed by atoms with E-state index in [0.717, 1.165) is 37.9 Å². The van der Waals surface area contributed by atoms with Crippen LogP contribution in [0.4, 0.5) is 0 Å². The second-order valence-electron chi connectivity index (χ2n) is 8.46. The molecule has 2 saturated heterocycles. The Kier molecular flexibility index (Phi) is 4.07. The summed E-state index contributed by atoms with van der Waals surface area (Å²) in [6, 6.07) is 3.61. The van der Waals surface area contributed by atoms with E-state index >= 15 is 0 Å². The second-order valence-corrected chi connectivity index (χ2v) is 8.46. The number of piperidine rings is 2. The smallest absolute Gasteiger partial charge is 0.255 e. The summed E-state index contributed by atoms with van der Waals surface area (Å²) in [5.74, 6) is -0.726. The summed E-state index contributed by atoms with van der Waals surface area (Å²) in [5, 5.41) is 2.36. The number of amides is 3. The number of carbonyl (C=O) groups is 3. The van der Waals surface area contributed by atoms with Crippen molar-refractivity contribution in [1.82, 2.24) is 15.1 Å². The molecule has 7 nitrogen and oxygen atoms in total. The standard InChI is InChI=1S/C21H25N3O4/c1-23-7-5-21(6-8-23)16-11-14-12-24(17-2-3-18(25)22-19(17)26)20(27)15(14)10-13(16)4-9-28-21/h10-11,17H,2-9,12H2,1H3,(H,22,25,26). The van der Waals surface area contributed by atoms with Gasteiger partial charge in [-0.15, -0.1) is 0 Å². The summed E-state index contributed by atoms with van der Waals surface area (Å²) in [6.07, 6.45) is 3.40. The normalized spacial score (nSPS) is 27.0. The van der Waals surface area contributed by atoms with E-state index in [0.29, 0.717) is 25.1 Å². The van der Waals surface area contributed by atoms with Gasteiger partial charge < -0.3 is 14.5 Å². The number of nitrogens with one attached hydrogen (secondary N) is 1. The van der Waals surface area contributed by atoms with Crippen LogP contribution in [0, 0.1) is 0 Å². The van der Waals surface area contributed by atoms with E-state index in [-0.39, 0.29) is 29.7 Å². The molecular formula is C21H25N3O4. The first kappa shape index (κ1) is 17.8. The molecule has 7 heteroatoms. The lowest BCUT2D eigenvalue weighted by Gasteiger charge is -2.44. The second kappa shape index (κ2) is 6.39. The number of imide groups is 1. The van der Waals surface area contributed by atoms with Gasteiger partial charge in [0, 0.05) is 31.6 Å². The fraction of sp³-hybridized carbons (Fsp3) is 0.571. The highest BCUT2D eigenvalue weighted by atomic mass is 16.5. The van der Waals surface area contributed by atoms with Crippen LogP contribution in [-0.2, 0) is 32.9 Å². The topological polar surface area (TPSA) is 79.0 Å². The van der Waals surface area contributed by atoms with Crippen molar-refractivity contribution >= 4 is 17.7 Å². The fourth-order valence-electron chi connectivity index (χ4n) is 5.12. The molecule has 0 aromatic heterocycles. The predicted octanol–water partition coefficient (Wildman–Crippen LogP) is 0.941. The van der Waals surface area contributed by atoms with Crippen molar-refractivity contribution < 1.29 is 19.1 Å². The van der Waals surface area contributed by atoms with E-state index in [1.54, 1.807) is 4.90 Å². The number of benzene rings is 1. The number of rotatable bonds is 1. The number of hydrogen-bond donors (Lipinski definition) is 1. The highest BCUT2D eigenvalue weighted by molar-refractivity contribution is 6.05. The summed E-state index contributed by atoms with van der Waals surface area (Å²) in [4.78, 5) is 40.7. The van der Waals surface area contributed by atoms with Crippen molar-refractivity contribution in [3.05, 3.63) is 34.4 Å². The van der Waals surface area contributed by atoms with Crippen LogP contribution in [0.25, 0.3) is 0 Å². The van der Waals surface area contributed by atoms with Gasteiger partial charge >= 0.3 is 0 Å². The molecule has 1 spiro atoms. The average molecular weight is 383 g/mol. The quantitative estimate of drug-likeness (QED) is 0.731. The number of ether oxygens (including phenoxy) is 1. The van der Waals surface area contributed by atoms with Gasteiger partial charge in [0.1, 0.15) is 6.04 Å². The lowest BCUT2D eigenvalue weighted by atomic mass is 9.78. The lowest BCUT2D eigenvalue weighted by molar-refractivity contribution is -0.136. The van der Waals surface area contributed by atoms with E-state index in [2.05, 4.69) is 23.3 Å². The molecule has 1 aromatic rings. The molecule has 4 aliphatic rings.